The van der Waals surface area contributed by atoms with Crippen LogP contribution in [0.25, 0.3) is 16.7 Å². The molecule has 2 aliphatic rings. The normalized spacial score (nSPS) is 22.0. The zero-order valence-corrected chi connectivity index (χ0v) is 16.8. The maximum absolute atomic E-state index is 15.1. The fraction of sp³-hybridized carbons (Fsp3) is 0.238. The van der Waals surface area contributed by atoms with Gasteiger partial charge in [0.15, 0.2) is 17.3 Å². The molecule has 3 aromatic rings. The van der Waals surface area contributed by atoms with Crippen molar-refractivity contribution in [2.45, 2.75) is 12.1 Å². The van der Waals surface area contributed by atoms with Crippen molar-refractivity contribution < 1.29 is 27.9 Å². The van der Waals surface area contributed by atoms with Gasteiger partial charge in [0.25, 0.3) is 0 Å². The van der Waals surface area contributed by atoms with Crippen LogP contribution in [-0.2, 0) is 4.84 Å². The van der Waals surface area contributed by atoms with Gasteiger partial charge in [-0.1, -0.05) is 0 Å². The van der Waals surface area contributed by atoms with Crippen LogP contribution in [0.5, 0.6) is 0 Å². The summed E-state index contributed by atoms with van der Waals surface area (Å²) in [5.74, 6) is -4.59. The van der Waals surface area contributed by atoms with Gasteiger partial charge in [-0.25, -0.2) is 22.9 Å². The molecule has 2 fully saturated rings. The Morgan fingerprint density at radius 2 is 2.03 bits per heavy atom. The molecule has 2 saturated heterocycles. The second kappa shape index (κ2) is 7.67. The summed E-state index contributed by atoms with van der Waals surface area (Å²) in [5, 5.41) is 16.5. The molecule has 0 spiro atoms. The van der Waals surface area contributed by atoms with Crippen LogP contribution in [0.3, 0.4) is 0 Å². The van der Waals surface area contributed by atoms with Crippen LogP contribution in [-0.4, -0.2) is 52.1 Å². The number of pyridine rings is 2. The fourth-order valence-corrected chi connectivity index (χ4v) is 4.30. The summed E-state index contributed by atoms with van der Waals surface area (Å²) in [4.78, 5) is 35.6. The van der Waals surface area contributed by atoms with Crippen molar-refractivity contribution in [3.63, 3.8) is 0 Å². The molecular weight excluding hydrogens is 443 g/mol. The van der Waals surface area contributed by atoms with Gasteiger partial charge in [-0.2, -0.15) is 5.48 Å². The number of rotatable bonds is 4. The van der Waals surface area contributed by atoms with E-state index in [0.717, 1.165) is 29.0 Å². The van der Waals surface area contributed by atoms with Crippen molar-refractivity contribution in [3.05, 3.63) is 63.7 Å². The highest BCUT2D eigenvalue weighted by atomic mass is 19.1. The summed E-state index contributed by atoms with van der Waals surface area (Å²) >= 11 is 0. The minimum absolute atomic E-state index is 0.134. The number of fused-ring (bicyclic) bond motifs is 2. The van der Waals surface area contributed by atoms with E-state index in [1.54, 1.807) is 4.90 Å². The quantitative estimate of drug-likeness (QED) is 0.510. The molecule has 0 aliphatic carbocycles. The lowest BCUT2D eigenvalue weighted by Gasteiger charge is -2.21. The van der Waals surface area contributed by atoms with Crippen LogP contribution < -0.4 is 15.8 Å². The Bertz CT molecular complexity index is 1380. The molecule has 0 saturated carbocycles. The van der Waals surface area contributed by atoms with Crippen LogP contribution >= 0.6 is 0 Å². The number of anilines is 1. The molecule has 9 nitrogen and oxygen atoms in total. The van der Waals surface area contributed by atoms with Crippen molar-refractivity contribution in [2.24, 2.45) is 5.92 Å². The van der Waals surface area contributed by atoms with E-state index in [9.17, 15) is 23.5 Å². The summed E-state index contributed by atoms with van der Waals surface area (Å²) in [6.07, 6.45) is 1.76. The van der Waals surface area contributed by atoms with Crippen LogP contribution in [0.1, 0.15) is 10.4 Å². The Morgan fingerprint density at radius 1 is 1.24 bits per heavy atom. The first-order valence-electron chi connectivity index (χ1n) is 9.90. The van der Waals surface area contributed by atoms with Gasteiger partial charge in [0.1, 0.15) is 23.3 Å². The molecule has 12 heteroatoms. The zero-order valence-electron chi connectivity index (χ0n) is 16.8. The number of hydrogen-bond acceptors (Lipinski definition) is 7. The molecule has 3 atom stereocenters. The Morgan fingerprint density at radius 3 is 2.73 bits per heavy atom. The van der Waals surface area contributed by atoms with Gasteiger partial charge < -0.3 is 15.4 Å². The van der Waals surface area contributed by atoms with Crippen molar-refractivity contribution in [2.75, 3.05) is 18.0 Å². The SMILES string of the molecule is N=CC1NOC2CN(c3nc4c(cc3F)c(=O)c(C(=O)O)cn4-c3ccc(F)cc3F)CC12. The first-order chi connectivity index (χ1) is 15.8. The Labute approximate surface area is 183 Å². The molecule has 0 amide bonds. The highest BCUT2D eigenvalue weighted by Crippen LogP contribution is 2.32. The van der Waals surface area contributed by atoms with E-state index < -0.39 is 34.4 Å². The Balaban J connectivity index is 1.71. The lowest BCUT2D eigenvalue weighted by Crippen LogP contribution is -2.33. The molecule has 0 bridgehead atoms. The number of hydrogen-bond donors (Lipinski definition) is 3. The molecule has 2 aliphatic heterocycles. The van der Waals surface area contributed by atoms with Crippen LogP contribution in [0.4, 0.5) is 19.0 Å². The number of nitrogens with one attached hydrogen (secondary N) is 2. The molecule has 33 heavy (non-hydrogen) atoms. The minimum atomic E-state index is -1.59. The smallest absolute Gasteiger partial charge is 0.341 e. The highest BCUT2D eigenvalue weighted by Gasteiger charge is 2.44. The van der Waals surface area contributed by atoms with E-state index in [1.165, 1.54) is 6.21 Å². The molecule has 3 unspecified atom stereocenters. The average molecular weight is 459 g/mol. The predicted octanol–water partition coefficient (Wildman–Crippen LogP) is 1.86. The van der Waals surface area contributed by atoms with E-state index in [0.29, 0.717) is 12.6 Å². The van der Waals surface area contributed by atoms with Gasteiger partial charge in [0.05, 0.1) is 17.1 Å². The largest absolute Gasteiger partial charge is 0.477 e. The number of aromatic carboxylic acids is 1. The number of carboxylic acids is 1. The van der Waals surface area contributed by atoms with Gasteiger partial charge in [-0.05, 0) is 18.2 Å². The predicted molar refractivity (Wildman–Crippen MR) is 110 cm³/mol. The number of halogens is 3. The summed E-state index contributed by atoms with van der Waals surface area (Å²) in [5.41, 5.74) is 0.583. The van der Waals surface area contributed by atoms with E-state index in [1.807, 2.05) is 0 Å². The van der Waals surface area contributed by atoms with E-state index in [4.69, 9.17) is 10.2 Å². The van der Waals surface area contributed by atoms with E-state index in [-0.39, 0.29) is 47.1 Å². The third-order valence-electron chi connectivity index (χ3n) is 5.92. The van der Waals surface area contributed by atoms with Crippen molar-refractivity contribution in [3.8, 4) is 5.69 Å². The van der Waals surface area contributed by atoms with Crippen LogP contribution in [0, 0.1) is 28.8 Å². The molecule has 4 heterocycles. The molecule has 1 aromatic carbocycles. The van der Waals surface area contributed by atoms with Crippen molar-refractivity contribution in [1.29, 1.82) is 5.41 Å². The Kier molecular flexibility index (Phi) is 4.91. The van der Waals surface area contributed by atoms with Crippen LogP contribution in [0.2, 0.25) is 0 Å². The zero-order chi connectivity index (χ0) is 23.4. The van der Waals surface area contributed by atoms with E-state index >= 15 is 4.39 Å². The van der Waals surface area contributed by atoms with E-state index in [2.05, 4.69) is 10.5 Å². The fourth-order valence-electron chi connectivity index (χ4n) is 4.30. The number of carboxylic acid groups (broad SMARTS) is 1. The minimum Gasteiger partial charge on any atom is -0.477 e. The van der Waals surface area contributed by atoms with Gasteiger partial charge in [-0.3, -0.25) is 14.2 Å². The molecular formula is C21H16F3N5O4. The number of aromatic nitrogens is 2. The molecule has 5 rings (SSSR count). The molecule has 0 radical (unpaired) electrons. The summed E-state index contributed by atoms with van der Waals surface area (Å²) < 4.78 is 44.1. The summed E-state index contributed by atoms with van der Waals surface area (Å²) in [6, 6.07) is 3.16. The molecule has 3 N–H and O–H groups in total. The number of nitrogens with zero attached hydrogens (tertiary/aromatic N) is 3. The number of benzene rings is 1. The highest BCUT2D eigenvalue weighted by molar-refractivity contribution is 5.92. The standard InChI is InChI=1S/C21H16F3N5O4/c22-9-1-2-16(13(23)3-9)29-7-12(21(31)32)18(30)10-4-14(24)20(26-19(10)29)28-6-11-15(5-25)27-33-17(11)8-28/h1-5,7,11,15,17,25,27H,6,8H2,(H,31,32). The Hall–Kier alpha value is -3.77. The van der Waals surface area contributed by atoms with Crippen LogP contribution in [0.15, 0.2) is 35.3 Å². The van der Waals surface area contributed by atoms with Gasteiger partial charge in [-0.15, -0.1) is 0 Å². The number of carbonyl (C=O) groups is 1. The average Bonchev–Trinajstić information content (AvgIpc) is 3.35. The first-order valence-corrected chi connectivity index (χ1v) is 9.90. The maximum atomic E-state index is 15.1. The lowest BCUT2D eigenvalue weighted by atomic mass is 10.00. The van der Waals surface area contributed by atoms with Gasteiger partial charge in [0, 0.05) is 37.5 Å². The summed E-state index contributed by atoms with van der Waals surface area (Å²) in [7, 11) is 0. The third kappa shape index (κ3) is 3.34. The second-order valence-electron chi connectivity index (χ2n) is 7.84. The maximum Gasteiger partial charge on any atom is 0.341 e. The summed E-state index contributed by atoms with van der Waals surface area (Å²) in [6.45, 7) is 0.551. The first kappa shape index (κ1) is 21.1. The topological polar surface area (TPSA) is 121 Å². The number of hydroxylamine groups is 1. The van der Waals surface area contributed by atoms with Gasteiger partial charge in [0.2, 0.25) is 5.43 Å². The second-order valence-corrected chi connectivity index (χ2v) is 7.84. The third-order valence-corrected chi connectivity index (χ3v) is 5.92. The monoisotopic (exact) mass is 459 g/mol. The lowest BCUT2D eigenvalue weighted by molar-refractivity contribution is 0.0357. The molecule has 170 valence electrons. The van der Waals surface area contributed by atoms with Crippen molar-refractivity contribution >= 4 is 29.0 Å². The molecule has 2 aromatic heterocycles. The van der Waals surface area contributed by atoms with Crippen molar-refractivity contribution in [1.82, 2.24) is 15.0 Å². The van der Waals surface area contributed by atoms with Gasteiger partial charge >= 0.3 is 5.97 Å².